The molecule has 4 heteroatoms. The van der Waals surface area contributed by atoms with E-state index in [0.29, 0.717) is 0 Å². The maximum absolute atomic E-state index is 2.74. The third-order valence-electron chi connectivity index (χ3n) is 12.7. The van der Waals surface area contributed by atoms with Crippen molar-refractivity contribution in [3.8, 4) is 22.3 Å². The quantitative estimate of drug-likeness (QED) is 0.151. The largest absolute Gasteiger partial charge is 0.375 e. The number of anilines is 3. The number of nitrogens with zero attached hydrogens (tertiary/aromatic N) is 2. The Morgan fingerprint density at radius 3 is 2.29 bits per heavy atom. The van der Waals surface area contributed by atoms with E-state index in [1.165, 1.54) is 104 Å². The molecule has 0 saturated heterocycles. The summed E-state index contributed by atoms with van der Waals surface area (Å²) >= 11 is 0. The zero-order valence-corrected chi connectivity index (χ0v) is 29.1. The molecule has 2 nitrogen and oxygen atoms in total. The summed E-state index contributed by atoms with van der Waals surface area (Å²) in [6.07, 6.45) is 0. The van der Waals surface area contributed by atoms with Gasteiger partial charge in [-0.25, -0.2) is 0 Å². The van der Waals surface area contributed by atoms with Gasteiger partial charge in [0.2, 0.25) is 0 Å². The zero-order chi connectivity index (χ0) is 32.6. The van der Waals surface area contributed by atoms with E-state index in [1.807, 2.05) is 0 Å². The highest BCUT2D eigenvalue weighted by molar-refractivity contribution is 7.04. The molecule has 0 bridgehead atoms. The van der Waals surface area contributed by atoms with Crippen LogP contribution in [0.15, 0.2) is 127 Å². The Balaban J connectivity index is 1.35. The van der Waals surface area contributed by atoms with Crippen LogP contribution in [0.2, 0.25) is 13.1 Å². The van der Waals surface area contributed by atoms with Gasteiger partial charge in [0.05, 0.1) is 0 Å². The molecule has 3 aliphatic heterocycles. The summed E-state index contributed by atoms with van der Waals surface area (Å²) in [6, 6.07) is 49.0. The molecule has 49 heavy (non-hydrogen) atoms. The first-order valence-electron chi connectivity index (χ1n) is 17.7. The Hall–Kier alpha value is -5.32. The minimum atomic E-state index is -2.01. The van der Waals surface area contributed by atoms with Crippen molar-refractivity contribution in [2.24, 2.45) is 0 Å². The summed E-state index contributed by atoms with van der Waals surface area (Å²) in [5.74, 6) is 0. The Morgan fingerprint density at radius 1 is 0.633 bits per heavy atom. The van der Waals surface area contributed by atoms with Crippen molar-refractivity contribution in [2.75, 3.05) is 4.90 Å². The third kappa shape index (κ3) is 2.88. The van der Waals surface area contributed by atoms with Crippen LogP contribution < -0.4 is 26.2 Å². The molecular formula is C45H33BN2Si. The first kappa shape index (κ1) is 26.6. The van der Waals surface area contributed by atoms with Crippen molar-refractivity contribution >= 4 is 85.9 Å². The summed E-state index contributed by atoms with van der Waals surface area (Å²) in [4.78, 5) is 2.67. The lowest BCUT2D eigenvalue weighted by Gasteiger charge is -2.48. The van der Waals surface area contributed by atoms with Crippen LogP contribution in [0.1, 0.15) is 25.0 Å². The Morgan fingerprint density at radius 2 is 1.37 bits per heavy atom. The molecule has 1 aromatic heterocycles. The van der Waals surface area contributed by atoms with Gasteiger partial charge in [-0.2, -0.15) is 0 Å². The van der Waals surface area contributed by atoms with E-state index in [0.717, 1.165) is 0 Å². The fourth-order valence-electron chi connectivity index (χ4n) is 10.7. The molecule has 4 aliphatic rings. The smallest absolute Gasteiger partial charge is 0.333 e. The second-order valence-electron chi connectivity index (χ2n) is 15.7. The average Bonchev–Trinajstić information content (AvgIpc) is 3.58. The van der Waals surface area contributed by atoms with Crippen LogP contribution in [0.4, 0.5) is 17.1 Å². The van der Waals surface area contributed by atoms with Gasteiger partial charge in [0.1, 0.15) is 8.07 Å². The van der Waals surface area contributed by atoms with Crippen LogP contribution in [-0.2, 0) is 5.41 Å². The van der Waals surface area contributed by atoms with Gasteiger partial charge in [0, 0.05) is 49.8 Å². The lowest BCUT2D eigenvalue weighted by atomic mass is 9.44. The minimum Gasteiger partial charge on any atom is -0.375 e. The maximum Gasteiger partial charge on any atom is 0.333 e. The standard InChI is InChI=1S/C45H33BN2Si/c1-45(2)32-18-8-7-15-28(32)31-25-36-42-40(41(31)45)30-17-11-16-29-39-27-14-6-5-13-26(27)23-24-35(39)48(43(29)30)46(42)33-19-12-22-38-44(33)47(36)34-20-9-10-21-37(34)49(38,3)4/h5-25H,1-4H3. The number of hydrogen-bond donors (Lipinski definition) is 0. The van der Waals surface area contributed by atoms with Crippen molar-refractivity contribution in [1.82, 2.24) is 4.48 Å². The molecule has 0 spiro atoms. The summed E-state index contributed by atoms with van der Waals surface area (Å²) in [7, 11) is -2.01. The van der Waals surface area contributed by atoms with Crippen LogP contribution in [0.3, 0.4) is 0 Å². The van der Waals surface area contributed by atoms with Crippen LogP contribution in [0, 0.1) is 0 Å². The van der Waals surface area contributed by atoms with E-state index in [2.05, 4.69) is 164 Å². The van der Waals surface area contributed by atoms with Crippen molar-refractivity contribution in [3.05, 3.63) is 139 Å². The van der Waals surface area contributed by atoms with Gasteiger partial charge in [-0.05, 0) is 78.1 Å². The summed E-state index contributed by atoms with van der Waals surface area (Å²) in [5.41, 5.74) is 18.0. The second kappa shape index (κ2) is 8.45. The lowest BCUT2D eigenvalue weighted by Crippen LogP contribution is -2.65. The number of fused-ring (bicyclic) bond motifs is 15. The first-order valence-corrected chi connectivity index (χ1v) is 20.7. The molecule has 8 aromatic rings. The van der Waals surface area contributed by atoms with E-state index in [1.54, 1.807) is 0 Å². The van der Waals surface area contributed by atoms with Gasteiger partial charge in [-0.15, -0.1) is 0 Å². The van der Waals surface area contributed by atoms with E-state index < -0.39 is 8.07 Å². The van der Waals surface area contributed by atoms with Crippen LogP contribution in [0.25, 0.3) is 54.8 Å². The molecule has 1 aliphatic carbocycles. The molecule has 230 valence electrons. The highest BCUT2D eigenvalue weighted by Crippen LogP contribution is 2.57. The predicted molar refractivity (Wildman–Crippen MR) is 212 cm³/mol. The fourth-order valence-corrected chi connectivity index (χ4v) is 13.7. The predicted octanol–water partition coefficient (Wildman–Crippen LogP) is 8.81. The molecule has 0 amide bonds. The molecule has 0 unspecified atom stereocenters. The summed E-state index contributed by atoms with van der Waals surface area (Å²) in [5, 5.41) is 8.41. The van der Waals surface area contributed by atoms with Gasteiger partial charge in [-0.3, -0.25) is 0 Å². The van der Waals surface area contributed by atoms with Crippen LogP contribution in [0.5, 0.6) is 0 Å². The molecule has 0 fully saturated rings. The molecule has 7 aromatic carbocycles. The highest BCUT2D eigenvalue weighted by Gasteiger charge is 2.51. The SMILES string of the molecule is CC1(C)c2ccccc2-c2cc3c4c(c21)-c1cccc2c5c6ccccc6ccc5n(c12)B4c1cccc2c1N3c1ccccc1[Si]2(C)C. The first-order chi connectivity index (χ1) is 23.9. The average molecular weight is 641 g/mol. The monoisotopic (exact) mass is 640 g/mol. The zero-order valence-electron chi connectivity index (χ0n) is 28.1. The normalized spacial score (nSPS) is 16.4. The van der Waals surface area contributed by atoms with Crippen LogP contribution in [-0.4, -0.2) is 19.4 Å². The third-order valence-corrected chi connectivity index (χ3v) is 16.2. The Bertz CT molecular complexity index is 2860. The molecule has 12 rings (SSSR count). The molecule has 0 atom stereocenters. The van der Waals surface area contributed by atoms with E-state index in [-0.39, 0.29) is 12.3 Å². The van der Waals surface area contributed by atoms with Crippen LogP contribution >= 0.6 is 0 Å². The Labute approximate surface area is 287 Å². The topological polar surface area (TPSA) is 8.17 Å². The summed E-state index contributed by atoms with van der Waals surface area (Å²) < 4.78 is 2.74. The number of rotatable bonds is 0. The highest BCUT2D eigenvalue weighted by atomic mass is 28.3. The fraction of sp³-hybridized carbons (Fsp3) is 0.111. The molecule has 0 saturated carbocycles. The minimum absolute atomic E-state index is 0.0622. The van der Waals surface area contributed by atoms with Crippen molar-refractivity contribution in [3.63, 3.8) is 0 Å². The second-order valence-corrected chi connectivity index (χ2v) is 20.0. The van der Waals surface area contributed by atoms with Crippen molar-refractivity contribution in [2.45, 2.75) is 32.4 Å². The molecule has 4 heterocycles. The van der Waals surface area contributed by atoms with Crippen molar-refractivity contribution in [1.29, 1.82) is 0 Å². The van der Waals surface area contributed by atoms with E-state index in [9.17, 15) is 0 Å². The van der Waals surface area contributed by atoms with E-state index >= 15 is 0 Å². The van der Waals surface area contributed by atoms with Gasteiger partial charge >= 0.3 is 6.85 Å². The van der Waals surface area contributed by atoms with Gasteiger partial charge < -0.3 is 9.38 Å². The maximum atomic E-state index is 2.74. The molecular weight excluding hydrogens is 607 g/mol. The van der Waals surface area contributed by atoms with Gasteiger partial charge in [-0.1, -0.05) is 136 Å². The number of aromatic nitrogens is 1. The summed E-state index contributed by atoms with van der Waals surface area (Å²) in [6.45, 7) is 10.1. The van der Waals surface area contributed by atoms with Gasteiger partial charge in [0.15, 0.2) is 0 Å². The van der Waals surface area contributed by atoms with Crippen molar-refractivity contribution < 1.29 is 0 Å². The molecule has 0 N–H and O–H groups in total. The lowest BCUT2D eigenvalue weighted by molar-refractivity contribution is 0.662. The van der Waals surface area contributed by atoms with Gasteiger partial charge in [0.25, 0.3) is 0 Å². The van der Waals surface area contributed by atoms with E-state index in [4.69, 9.17) is 0 Å². The number of para-hydroxylation sites is 3. The number of hydrogen-bond acceptors (Lipinski definition) is 1. The Kier molecular flexibility index (Phi) is 4.59. The number of benzene rings is 7. The molecule has 0 radical (unpaired) electrons.